The Labute approximate surface area is 241 Å². The molecule has 0 aromatic heterocycles. The minimum Gasteiger partial charge on any atom is -0.480 e. The number of carboxylic acid groups (broad SMARTS) is 1. The van der Waals surface area contributed by atoms with Crippen LogP contribution in [-0.4, -0.2) is 76.6 Å². The summed E-state index contributed by atoms with van der Waals surface area (Å²) < 4.78 is 0. The van der Waals surface area contributed by atoms with Crippen LogP contribution >= 0.6 is 23.2 Å². The summed E-state index contributed by atoms with van der Waals surface area (Å²) >= 11 is 12.5. The van der Waals surface area contributed by atoms with Gasteiger partial charge in [0, 0.05) is 36.2 Å². The second kappa shape index (κ2) is 15.0. The van der Waals surface area contributed by atoms with Gasteiger partial charge in [-0.1, -0.05) is 74.9 Å². The Morgan fingerprint density at radius 3 is 1.85 bits per heavy atom. The predicted octanol–water partition coefficient (Wildman–Crippen LogP) is 7.12. The first kappa shape index (κ1) is 30.6. The zero-order valence-electron chi connectivity index (χ0n) is 22.7. The van der Waals surface area contributed by atoms with Gasteiger partial charge >= 0.3 is 18.0 Å². The highest BCUT2D eigenvalue weighted by Crippen LogP contribution is 2.31. The molecule has 1 saturated heterocycles. The third-order valence-electron chi connectivity index (χ3n) is 6.84. The van der Waals surface area contributed by atoms with Crippen molar-refractivity contribution in [1.29, 1.82) is 0 Å². The fourth-order valence-corrected chi connectivity index (χ4v) is 5.10. The molecule has 1 heterocycles. The van der Waals surface area contributed by atoms with Crippen LogP contribution in [0.3, 0.4) is 0 Å². The highest BCUT2D eigenvalue weighted by molar-refractivity contribution is 6.31. The SMILES string of the molecule is CCCCCN(CCCCC)C(=O)N1CCN(C(=O)N(c2cccc(Cl)c2)c2cccc(Cl)c2)C(C(=O)O)C1. The smallest absolute Gasteiger partial charge is 0.329 e. The molecule has 1 fully saturated rings. The number of aliphatic carboxylic acids is 1. The van der Waals surface area contributed by atoms with Crippen molar-refractivity contribution in [2.24, 2.45) is 0 Å². The van der Waals surface area contributed by atoms with Gasteiger partial charge in [-0.15, -0.1) is 0 Å². The Morgan fingerprint density at radius 1 is 0.846 bits per heavy atom. The number of carbonyl (C=O) groups excluding carboxylic acids is 2. The summed E-state index contributed by atoms with van der Waals surface area (Å²) in [6.07, 6.45) is 5.97. The molecule has 3 rings (SSSR count). The number of hydrogen-bond donors (Lipinski definition) is 1. The van der Waals surface area contributed by atoms with Crippen molar-refractivity contribution in [2.75, 3.05) is 37.6 Å². The monoisotopic (exact) mass is 576 g/mol. The van der Waals surface area contributed by atoms with E-state index in [1.807, 2.05) is 4.90 Å². The second-order valence-corrected chi connectivity index (χ2v) is 10.6. The molecule has 1 aliphatic heterocycles. The van der Waals surface area contributed by atoms with Gasteiger partial charge < -0.3 is 19.8 Å². The lowest BCUT2D eigenvalue weighted by Crippen LogP contribution is -2.62. The Bertz CT molecular complexity index is 1080. The van der Waals surface area contributed by atoms with E-state index in [4.69, 9.17) is 23.2 Å². The van der Waals surface area contributed by atoms with E-state index in [2.05, 4.69) is 13.8 Å². The van der Waals surface area contributed by atoms with Gasteiger partial charge in [-0.3, -0.25) is 4.90 Å². The van der Waals surface area contributed by atoms with E-state index in [1.165, 1.54) is 9.80 Å². The lowest BCUT2D eigenvalue weighted by Gasteiger charge is -2.42. The number of carbonyl (C=O) groups is 3. The van der Waals surface area contributed by atoms with Crippen molar-refractivity contribution >= 4 is 52.6 Å². The molecule has 0 bridgehead atoms. The molecule has 1 N–H and O–H groups in total. The van der Waals surface area contributed by atoms with E-state index in [9.17, 15) is 19.5 Å². The summed E-state index contributed by atoms with van der Waals surface area (Å²) in [7, 11) is 0. The highest BCUT2D eigenvalue weighted by atomic mass is 35.5. The zero-order valence-corrected chi connectivity index (χ0v) is 24.2. The number of piperazine rings is 1. The van der Waals surface area contributed by atoms with Crippen molar-refractivity contribution in [2.45, 2.75) is 58.4 Å². The summed E-state index contributed by atoms with van der Waals surface area (Å²) in [5.74, 6) is -1.17. The van der Waals surface area contributed by atoms with E-state index in [1.54, 1.807) is 53.4 Å². The Balaban J connectivity index is 1.85. The Kier molecular flexibility index (Phi) is 11.7. The van der Waals surface area contributed by atoms with Gasteiger partial charge in [0.25, 0.3) is 0 Å². The van der Waals surface area contributed by atoms with Crippen LogP contribution < -0.4 is 4.90 Å². The summed E-state index contributed by atoms with van der Waals surface area (Å²) in [4.78, 5) is 46.0. The van der Waals surface area contributed by atoms with Gasteiger partial charge in [0.05, 0.1) is 17.9 Å². The van der Waals surface area contributed by atoms with Crippen molar-refractivity contribution in [3.05, 3.63) is 58.6 Å². The number of halogens is 2. The first-order chi connectivity index (χ1) is 18.8. The van der Waals surface area contributed by atoms with E-state index in [0.29, 0.717) is 34.5 Å². The molecule has 0 spiro atoms. The molecular formula is C29H38Cl2N4O4. The number of urea groups is 2. The number of carboxylic acids is 1. The number of rotatable bonds is 11. The number of nitrogens with zero attached hydrogens (tertiary/aromatic N) is 4. The number of amides is 4. The molecule has 212 valence electrons. The van der Waals surface area contributed by atoms with Crippen LogP contribution in [0, 0.1) is 0 Å². The molecule has 1 unspecified atom stereocenters. The van der Waals surface area contributed by atoms with Crippen LogP contribution in [0.25, 0.3) is 0 Å². The molecule has 8 nitrogen and oxygen atoms in total. The maximum atomic E-state index is 14.0. The first-order valence-electron chi connectivity index (χ1n) is 13.6. The van der Waals surface area contributed by atoms with Gasteiger partial charge in [0.15, 0.2) is 0 Å². The maximum Gasteiger partial charge on any atom is 0.329 e. The van der Waals surface area contributed by atoms with Crippen LogP contribution in [-0.2, 0) is 4.79 Å². The molecule has 0 aliphatic carbocycles. The third kappa shape index (κ3) is 8.26. The zero-order chi connectivity index (χ0) is 28.4. The van der Waals surface area contributed by atoms with E-state index >= 15 is 0 Å². The molecule has 4 amide bonds. The van der Waals surface area contributed by atoms with Gasteiger partial charge in [-0.2, -0.15) is 0 Å². The summed E-state index contributed by atoms with van der Waals surface area (Å²) in [5, 5.41) is 11.0. The fourth-order valence-electron chi connectivity index (χ4n) is 4.73. The summed E-state index contributed by atoms with van der Waals surface area (Å²) in [6, 6.07) is 11.7. The predicted molar refractivity (Wildman–Crippen MR) is 156 cm³/mol. The molecule has 39 heavy (non-hydrogen) atoms. The first-order valence-corrected chi connectivity index (χ1v) is 14.4. The Morgan fingerprint density at radius 2 is 1.38 bits per heavy atom. The number of anilines is 2. The average Bonchev–Trinajstić information content (AvgIpc) is 2.92. The third-order valence-corrected chi connectivity index (χ3v) is 7.31. The Hall–Kier alpha value is -2.97. The minimum atomic E-state index is -1.20. The normalized spacial score (nSPS) is 15.2. The van der Waals surface area contributed by atoms with Gasteiger partial charge in [-0.25, -0.2) is 14.4 Å². The molecule has 0 radical (unpaired) electrons. The molecule has 1 atom stereocenters. The topological polar surface area (TPSA) is 84.4 Å². The van der Waals surface area contributed by atoms with Gasteiger partial charge in [0.2, 0.25) is 0 Å². The van der Waals surface area contributed by atoms with Crippen molar-refractivity contribution < 1.29 is 19.5 Å². The van der Waals surface area contributed by atoms with E-state index in [-0.39, 0.29) is 25.7 Å². The van der Waals surface area contributed by atoms with E-state index in [0.717, 1.165) is 38.5 Å². The molecule has 1 aliphatic rings. The standard InChI is InChI=1S/C29H38Cl2N4O4/c1-3-5-7-15-32(16-8-6-4-2)28(38)33-17-18-34(26(21-33)27(36)37)29(39)35(24-13-9-11-22(30)19-24)25-14-10-12-23(31)20-25/h9-14,19-20,26H,3-8,15-18,21H2,1-2H3,(H,36,37). The van der Waals surface area contributed by atoms with Crippen LogP contribution in [0.5, 0.6) is 0 Å². The molecular weight excluding hydrogens is 539 g/mol. The van der Waals surface area contributed by atoms with Crippen LogP contribution in [0.2, 0.25) is 10.0 Å². The van der Waals surface area contributed by atoms with Crippen molar-refractivity contribution in [1.82, 2.24) is 14.7 Å². The molecule has 10 heteroatoms. The molecule has 0 saturated carbocycles. The van der Waals surface area contributed by atoms with Gasteiger partial charge in [-0.05, 0) is 49.2 Å². The van der Waals surface area contributed by atoms with Crippen molar-refractivity contribution in [3.8, 4) is 0 Å². The lowest BCUT2D eigenvalue weighted by molar-refractivity contribution is -0.143. The second-order valence-electron chi connectivity index (χ2n) is 9.76. The van der Waals surface area contributed by atoms with Crippen LogP contribution in [0.1, 0.15) is 52.4 Å². The average molecular weight is 578 g/mol. The fraction of sp³-hybridized carbons (Fsp3) is 0.483. The van der Waals surface area contributed by atoms with E-state index < -0.39 is 18.0 Å². The lowest BCUT2D eigenvalue weighted by atomic mass is 10.1. The van der Waals surface area contributed by atoms with Crippen molar-refractivity contribution in [3.63, 3.8) is 0 Å². The molecule has 2 aromatic carbocycles. The minimum absolute atomic E-state index is 0.0803. The molecule has 2 aromatic rings. The quantitative estimate of drug-likeness (QED) is 0.288. The van der Waals surface area contributed by atoms with Crippen LogP contribution in [0.15, 0.2) is 48.5 Å². The number of hydrogen-bond acceptors (Lipinski definition) is 3. The number of benzene rings is 2. The largest absolute Gasteiger partial charge is 0.480 e. The van der Waals surface area contributed by atoms with Crippen LogP contribution in [0.4, 0.5) is 21.0 Å². The number of unbranched alkanes of at least 4 members (excludes halogenated alkanes) is 4. The highest BCUT2D eigenvalue weighted by Gasteiger charge is 2.40. The maximum absolute atomic E-state index is 14.0. The summed E-state index contributed by atoms with van der Waals surface area (Å²) in [5.41, 5.74) is 0.964. The van der Waals surface area contributed by atoms with Gasteiger partial charge in [0.1, 0.15) is 6.04 Å². The summed E-state index contributed by atoms with van der Waals surface area (Å²) in [6.45, 7) is 5.76.